The molecule has 1 amide bonds. The van der Waals surface area contributed by atoms with Crippen LogP contribution in [0.5, 0.6) is 5.75 Å². The molecule has 0 radical (unpaired) electrons. The molecule has 0 aromatic heterocycles. The van der Waals surface area contributed by atoms with E-state index in [2.05, 4.69) is 5.32 Å². The zero-order valence-corrected chi connectivity index (χ0v) is 12.5. The molecule has 0 spiro atoms. The van der Waals surface area contributed by atoms with Crippen LogP contribution in [0, 0.1) is 19.7 Å². The molecule has 2 rings (SSSR count). The quantitative estimate of drug-likeness (QED) is 0.923. The highest BCUT2D eigenvalue weighted by molar-refractivity contribution is 6.32. The molecular weight excluding hydrogens is 293 g/mol. The van der Waals surface area contributed by atoms with Crippen molar-refractivity contribution in [3.8, 4) is 5.75 Å². The standard InChI is InChI=1S/C16H15ClFNO2/c1-10-3-5-14(11(2)7-10)19-16(20)9-21-15-6-4-12(18)8-13(15)17/h3-8H,9H2,1-2H3,(H,19,20). The molecule has 1 N–H and O–H groups in total. The molecule has 21 heavy (non-hydrogen) atoms. The molecule has 0 saturated heterocycles. The van der Waals surface area contributed by atoms with Crippen molar-refractivity contribution in [2.75, 3.05) is 11.9 Å². The number of halogens is 2. The minimum atomic E-state index is -0.452. The van der Waals surface area contributed by atoms with Gasteiger partial charge in [0.05, 0.1) is 5.02 Å². The zero-order chi connectivity index (χ0) is 15.4. The van der Waals surface area contributed by atoms with Gasteiger partial charge in [0.2, 0.25) is 0 Å². The van der Waals surface area contributed by atoms with Crippen molar-refractivity contribution < 1.29 is 13.9 Å². The Labute approximate surface area is 127 Å². The van der Waals surface area contributed by atoms with Crippen LogP contribution in [0.15, 0.2) is 36.4 Å². The fourth-order valence-electron chi connectivity index (χ4n) is 1.88. The van der Waals surface area contributed by atoms with Crippen molar-refractivity contribution in [3.05, 3.63) is 58.4 Å². The van der Waals surface area contributed by atoms with Crippen LogP contribution >= 0.6 is 11.6 Å². The van der Waals surface area contributed by atoms with Crippen LogP contribution in [0.3, 0.4) is 0 Å². The number of hydrogen-bond donors (Lipinski definition) is 1. The molecule has 0 atom stereocenters. The van der Waals surface area contributed by atoms with E-state index in [1.807, 2.05) is 32.0 Å². The first-order valence-electron chi connectivity index (χ1n) is 6.40. The number of anilines is 1. The Bertz CT molecular complexity index is 673. The van der Waals surface area contributed by atoms with E-state index < -0.39 is 5.82 Å². The summed E-state index contributed by atoms with van der Waals surface area (Å²) in [5, 5.41) is 2.89. The number of aryl methyl sites for hydroxylation is 2. The molecule has 0 aliphatic carbocycles. The lowest BCUT2D eigenvalue weighted by atomic mass is 10.1. The van der Waals surface area contributed by atoms with Gasteiger partial charge in [0.25, 0.3) is 5.91 Å². The number of rotatable bonds is 4. The predicted octanol–water partition coefficient (Wildman–Crippen LogP) is 4.11. The van der Waals surface area contributed by atoms with E-state index in [-0.39, 0.29) is 23.3 Å². The molecule has 0 bridgehead atoms. The Morgan fingerprint density at radius 3 is 2.67 bits per heavy atom. The summed E-state index contributed by atoms with van der Waals surface area (Å²) in [5.74, 6) is -0.483. The van der Waals surface area contributed by atoms with Crippen LogP contribution in [0.1, 0.15) is 11.1 Å². The van der Waals surface area contributed by atoms with Crippen molar-refractivity contribution in [2.45, 2.75) is 13.8 Å². The minimum absolute atomic E-state index is 0.134. The van der Waals surface area contributed by atoms with Gasteiger partial charge in [-0.05, 0) is 43.7 Å². The van der Waals surface area contributed by atoms with E-state index in [0.717, 1.165) is 22.9 Å². The van der Waals surface area contributed by atoms with Gasteiger partial charge in [-0.25, -0.2) is 4.39 Å². The average molecular weight is 308 g/mol. The van der Waals surface area contributed by atoms with Gasteiger partial charge in [-0.2, -0.15) is 0 Å². The normalized spacial score (nSPS) is 10.3. The van der Waals surface area contributed by atoms with Gasteiger partial charge in [0.1, 0.15) is 11.6 Å². The van der Waals surface area contributed by atoms with Crippen molar-refractivity contribution in [1.82, 2.24) is 0 Å². The van der Waals surface area contributed by atoms with Gasteiger partial charge in [0.15, 0.2) is 6.61 Å². The van der Waals surface area contributed by atoms with Crippen LogP contribution < -0.4 is 10.1 Å². The van der Waals surface area contributed by atoms with Crippen LogP contribution in [0.4, 0.5) is 10.1 Å². The summed E-state index contributed by atoms with van der Waals surface area (Å²) in [5.41, 5.74) is 2.84. The summed E-state index contributed by atoms with van der Waals surface area (Å²) >= 11 is 5.82. The Morgan fingerprint density at radius 1 is 1.24 bits per heavy atom. The first-order valence-corrected chi connectivity index (χ1v) is 6.78. The second-order valence-electron chi connectivity index (χ2n) is 4.73. The van der Waals surface area contributed by atoms with Crippen molar-refractivity contribution in [1.29, 1.82) is 0 Å². The van der Waals surface area contributed by atoms with Crippen LogP contribution in [-0.4, -0.2) is 12.5 Å². The third-order valence-electron chi connectivity index (χ3n) is 2.91. The van der Waals surface area contributed by atoms with Crippen molar-refractivity contribution in [3.63, 3.8) is 0 Å². The Hall–Kier alpha value is -2.07. The van der Waals surface area contributed by atoms with Crippen LogP contribution in [0.25, 0.3) is 0 Å². The largest absolute Gasteiger partial charge is 0.482 e. The van der Waals surface area contributed by atoms with E-state index in [1.165, 1.54) is 12.1 Å². The second-order valence-corrected chi connectivity index (χ2v) is 5.14. The van der Waals surface area contributed by atoms with E-state index in [1.54, 1.807) is 0 Å². The van der Waals surface area contributed by atoms with E-state index in [4.69, 9.17) is 16.3 Å². The molecule has 2 aromatic rings. The monoisotopic (exact) mass is 307 g/mol. The highest BCUT2D eigenvalue weighted by atomic mass is 35.5. The number of ether oxygens (including phenoxy) is 1. The molecule has 3 nitrogen and oxygen atoms in total. The fourth-order valence-corrected chi connectivity index (χ4v) is 2.10. The molecule has 2 aromatic carbocycles. The number of carbonyl (C=O) groups excluding carboxylic acids is 1. The lowest BCUT2D eigenvalue weighted by molar-refractivity contribution is -0.118. The zero-order valence-electron chi connectivity index (χ0n) is 11.7. The molecule has 110 valence electrons. The Kier molecular flexibility index (Phi) is 4.81. The van der Waals surface area contributed by atoms with Gasteiger partial charge in [-0.3, -0.25) is 4.79 Å². The molecule has 5 heteroatoms. The highest BCUT2D eigenvalue weighted by Gasteiger charge is 2.08. The van der Waals surface area contributed by atoms with E-state index in [0.29, 0.717) is 0 Å². The molecule has 0 aliphatic heterocycles. The minimum Gasteiger partial charge on any atom is -0.482 e. The lowest BCUT2D eigenvalue weighted by Crippen LogP contribution is -2.20. The number of benzene rings is 2. The van der Waals surface area contributed by atoms with Gasteiger partial charge >= 0.3 is 0 Å². The number of nitrogens with one attached hydrogen (secondary N) is 1. The fraction of sp³-hybridized carbons (Fsp3) is 0.188. The smallest absolute Gasteiger partial charge is 0.262 e. The summed E-state index contributed by atoms with van der Waals surface area (Å²) in [6, 6.07) is 9.49. The Morgan fingerprint density at radius 2 is 2.00 bits per heavy atom. The van der Waals surface area contributed by atoms with Gasteiger partial charge in [-0.1, -0.05) is 29.3 Å². The molecule has 0 heterocycles. The van der Waals surface area contributed by atoms with Crippen LogP contribution in [0.2, 0.25) is 5.02 Å². The second kappa shape index (κ2) is 6.59. The summed E-state index contributed by atoms with van der Waals surface area (Å²) in [4.78, 5) is 11.8. The average Bonchev–Trinajstić information content (AvgIpc) is 2.41. The van der Waals surface area contributed by atoms with E-state index >= 15 is 0 Å². The van der Waals surface area contributed by atoms with E-state index in [9.17, 15) is 9.18 Å². The predicted molar refractivity (Wildman–Crippen MR) is 81.5 cm³/mol. The maximum atomic E-state index is 12.9. The molecular formula is C16H15ClFNO2. The number of amides is 1. The maximum Gasteiger partial charge on any atom is 0.262 e. The number of carbonyl (C=O) groups is 1. The SMILES string of the molecule is Cc1ccc(NC(=O)COc2ccc(F)cc2Cl)c(C)c1. The maximum absolute atomic E-state index is 12.9. The van der Waals surface area contributed by atoms with Gasteiger partial charge in [0, 0.05) is 5.69 Å². The topological polar surface area (TPSA) is 38.3 Å². The van der Waals surface area contributed by atoms with Crippen LogP contribution in [-0.2, 0) is 4.79 Å². The van der Waals surface area contributed by atoms with Crippen molar-refractivity contribution in [2.24, 2.45) is 0 Å². The van der Waals surface area contributed by atoms with Gasteiger partial charge in [-0.15, -0.1) is 0 Å². The third-order valence-corrected chi connectivity index (χ3v) is 3.20. The first kappa shape index (κ1) is 15.3. The van der Waals surface area contributed by atoms with Gasteiger partial charge < -0.3 is 10.1 Å². The van der Waals surface area contributed by atoms with Crippen molar-refractivity contribution >= 4 is 23.2 Å². The first-order chi connectivity index (χ1) is 9.95. The number of hydrogen-bond acceptors (Lipinski definition) is 2. The highest BCUT2D eigenvalue weighted by Crippen LogP contribution is 2.24. The summed E-state index contributed by atoms with van der Waals surface area (Å²) in [6.07, 6.45) is 0. The summed E-state index contributed by atoms with van der Waals surface area (Å²) in [7, 11) is 0. The lowest BCUT2D eigenvalue weighted by Gasteiger charge is -2.11. The molecule has 0 fully saturated rings. The molecule has 0 aliphatic rings. The molecule has 0 saturated carbocycles. The molecule has 0 unspecified atom stereocenters. The summed E-state index contributed by atoms with van der Waals surface area (Å²) < 4.78 is 18.2. The Balaban J connectivity index is 1.96. The third kappa shape index (κ3) is 4.20. The summed E-state index contributed by atoms with van der Waals surface area (Å²) in [6.45, 7) is 3.71.